The summed E-state index contributed by atoms with van der Waals surface area (Å²) in [6.45, 7) is 0. The molecule has 1 aliphatic rings. The minimum atomic E-state index is -0.331. The molecule has 19 heavy (non-hydrogen) atoms. The number of aromatic nitrogens is 1. The van der Waals surface area contributed by atoms with E-state index >= 15 is 0 Å². The molecule has 0 radical (unpaired) electrons. The maximum absolute atomic E-state index is 11.6. The number of rotatable bonds is 2. The average Bonchev–Trinajstić information content (AvgIpc) is 2.78. The highest BCUT2D eigenvalue weighted by molar-refractivity contribution is 7.09. The van der Waals surface area contributed by atoms with Gasteiger partial charge in [-0.3, -0.25) is 15.1 Å². The standard InChI is InChI=1S/C12H11N3O3S/c1-18-7-4-2-6(3-5-7)8-9-10(14-11(16)13-8)15-12(17)19-9/h2-5,8H,1H3,(H,15,17)(H2,13,14,16). The number of aromatic amines is 1. The van der Waals surface area contributed by atoms with Gasteiger partial charge >= 0.3 is 10.9 Å². The summed E-state index contributed by atoms with van der Waals surface area (Å²) in [4.78, 5) is 26.2. The highest BCUT2D eigenvalue weighted by atomic mass is 32.1. The molecule has 1 unspecified atom stereocenters. The van der Waals surface area contributed by atoms with Gasteiger partial charge in [0.1, 0.15) is 11.6 Å². The molecule has 0 saturated carbocycles. The Kier molecular flexibility index (Phi) is 2.75. The number of carbonyl (C=O) groups excluding carboxylic acids is 1. The van der Waals surface area contributed by atoms with Gasteiger partial charge in [0.15, 0.2) is 0 Å². The van der Waals surface area contributed by atoms with Crippen LogP contribution in [0.2, 0.25) is 0 Å². The number of nitrogens with one attached hydrogen (secondary N) is 3. The van der Waals surface area contributed by atoms with Crippen molar-refractivity contribution in [1.82, 2.24) is 10.3 Å². The third-order valence-corrected chi connectivity index (χ3v) is 3.85. The number of methoxy groups -OCH3 is 1. The fourth-order valence-electron chi connectivity index (χ4n) is 2.01. The first kappa shape index (κ1) is 11.8. The number of ether oxygens (including phenoxy) is 1. The average molecular weight is 277 g/mol. The molecule has 7 heteroatoms. The lowest BCUT2D eigenvalue weighted by molar-refractivity contribution is 0.249. The third-order valence-electron chi connectivity index (χ3n) is 2.90. The highest BCUT2D eigenvalue weighted by Crippen LogP contribution is 2.32. The van der Waals surface area contributed by atoms with E-state index in [4.69, 9.17) is 4.74 Å². The monoisotopic (exact) mass is 277 g/mol. The molecular weight excluding hydrogens is 266 g/mol. The zero-order valence-electron chi connectivity index (χ0n) is 10.0. The van der Waals surface area contributed by atoms with E-state index in [1.54, 1.807) is 7.11 Å². The van der Waals surface area contributed by atoms with Crippen molar-refractivity contribution in [3.05, 3.63) is 44.4 Å². The number of carbonyl (C=O) groups is 1. The third kappa shape index (κ3) is 2.08. The summed E-state index contributed by atoms with van der Waals surface area (Å²) in [6, 6.07) is 6.71. The molecule has 0 aliphatic carbocycles. The van der Waals surface area contributed by atoms with E-state index in [1.165, 1.54) is 0 Å². The zero-order valence-corrected chi connectivity index (χ0v) is 10.8. The molecule has 0 fully saturated rings. The van der Waals surface area contributed by atoms with Crippen LogP contribution in [0.3, 0.4) is 0 Å². The maximum Gasteiger partial charge on any atom is 0.321 e. The van der Waals surface area contributed by atoms with Crippen LogP contribution in [0.4, 0.5) is 10.6 Å². The Morgan fingerprint density at radius 3 is 2.63 bits per heavy atom. The quantitative estimate of drug-likeness (QED) is 0.780. The number of anilines is 1. The van der Waals surface area contributed by atoms with Gasteiger partial charge in [0.2, 0.25) is 0 Å². The lowest BCUT2D eigenvalue weighted by Gasteiger charge is -2.24. The van der Waals surface area contributed by atoms with E-state index in [2.05, 4.69) is 15.6 Å². The second-order valence-electron chi connectivity index (χ2n) is 4.06. The molecular formula is C12H11N3O3S. The lowest BCUT2D eigenvalue weighted by atomic mass is 10.0. The van der Waals surface area contributed by atoms with Crippen molar-refractivity contribution in [2.24, 2.45) is 0 Å². The van der Waals surface area contributed by atoms with Crippen LogP contribution in [0.5, 0.6) is 5.75 Å². The normalized spacial score (nSPS) is 17.3. The van der Waals surface area contributed by atoms with Gasteiger partial charge in [0, 0.05) is 0 Å². The summed E-state index contributed by atoms with van der Waals surface area (Å²) in [7, 11) is 1.59. The molecule has 3 rings (SSSR count). The second-order valence-corrected chi connectivity index (χ2v) is 5.07. The Morgan fingerprint density at radius 1 is 1.21 bits per heavy atom. The van der Waals surface area contributed by atoms with E-state index in [1.807, 2.05) is 24.3 Å². The Morgan fingerprint density at radius 2 is 1.95 bits per heavy atom. The number of hydrogen-bond donors (Lipinski definition) is 3. The van der Waals surface area contributed by atoms with Crippen molar-refractivity contribution in [1.29, 1.82) is 0 Å². The topological polar surface area (TPSA) is 83.2 Å². The van der Waals surface area contributed by atoms with Crippen LogP contribution >= 0.6 is 11.3 Å². The van der Waals surface area contributed by atoms with Crippen LogP contribution in [-0.2, 0) is 0 Å². The van der Waals surface area contributed by atoms with E-state index < -0.39 is 0 Å². The van der Waals surface area contributed by atoms with Crippen molar-refractivity contribution in [2.75, 3.05) is 12.4 Å². The van der Waals surface area contributed by atoms with Crippen molar-refractivity contribution >= 4 is 23.2 Å². The Hall–Kier alpha value is -2.28. The number of benzene rings is 1. The predicted octanol–water partition coefficient (Wildman–Crippen LogP) is 1.67. The molecule has 0 spiro atoms. The van der Waals surface area contributed by atoms with Crippen LogP contribution < -0.4 is 20.2 Å². The van der Waals surface area contributed by atoms with Gasteiger partial charge in [0.25, 0.3) is 0 Å². The van der Waals surface area contributed by atoms with E-state index in [-0.39, 0.29) is 16.9 Å². The van der Waals surface area contributed by atoms with Crippen LogP contribution in [0, 0.1) is 0 Å². The first-order chi connectivity index (χ1) is 9.17. The molecule has 1 aliphatic heterocycles. The summed E-state index contributed by atoms with van der Waals surface area (Å²) in [5.41, 5.74) is 0.896. The van der Waals surface area contributed by atoms with Crippen molar-refractivity contribution in [3.8, 4) is 5.75 Å². The molecule has 2 aromatic rings. The molecule has 6 nitrogen and oxygen atoms in total. The molecule has 98 valence electrons. The number of H-pyrrole nitrogens is 1. The van der Waals surface area contributed by atoms with Crippen LogP contribution in [0.15, 0.2) is 29.1 Å². The first-order valence-corrected chi connectivity index (χ1v) is 6.43. The van der Waals surface area contributed by atoms with Crippen LogP contribution in [0.25, 0.3) is 0 Å². The van der Waals surface area contributed by atoms with Gasteiger partial charge in [-0.15, -0.1) is 0 Å². The second kappa shape index (κ2) is 4.43. The molecule has 2 amide bonds. The fraction of sp³-hybridized carbons (Fsp3) is 0.167. The molecule has 2 heterocycles. The summed E-state index contributed by atoms with van der Waals surface area (Å²) in [6.07, 6.45) is 0. The summed E-state index contributed by atoms with van der Waals surface area (Å²) >= 11 is 1.09. The minimum absolute atomic E-state index is 0.187. The van der Waals surface area contributed by atoms with Gasteiger partial charge in [-0.25, -0.2) is 4.79 Å². The molecule has 1 aromatic carbocycles. The number of thiazole rings is 1. The molecule has 1 aromatic heterocycles. The van der Waals surface area contributed by atoms with Crippen molar-refractivity contribution in [3.63, 3.8) is 0 Å². The summed E-state index contributed by atoms with van der Waals surface area (Å²) in [5, 5.41) is 5.38. The SMILES string of the molecule is COc1ccc(C2NC(=O)Nc3[nH]c(=O)sc32)cc1. The maximum atomic E-state index is 11.6. The van der Waals surface area contributed by atoms with Gasteiger partial charge in [-0.2, -0.15) is 0 Å². The van der Waals surface area contributed by atoms with Crippen molar-refractivity contribution < 1.29 is 9.53 Å². The van der Waals surface area contributed by atoms with Crippen molar-refractivity contribution in [2.45, 2.75) is 6.04 Å². The minimum Gasteiger partial charge on any atom is -0.497 e. The van der Waals surface area contributed by atoms with Crippen LogP contribution in [-0.4, -0.2) is 18.1 Å². The predicted molar refractivity (Wildman–Crippen MR) is 71.9 cm³/mol. The zero-order chi connectivity index (χ0) is 13.4. The van der Waals surface area contributed by atoms with Gasteiger partial charge in [-0.05, 0) is 17.7 Å². The molecule has 1 atom stereocenters. The Labute approximate surface area is 112 Å². The number of urea groups is 1. The summed E-state index contributed by atoms with van der Waals surface area (Å²) in [5.74, 6) is 1.21. The number of fused-ring (bicyclic) bond motifs is 1. The number of amides is 2. The molecule has 3 N–H and O–H groups in total. The molecule has 0 saturated heterocycles. The van der Waals surface area contributed by atoms with Gasteiger partial charge < -0.3 is 10.1 Å². The van der Waals surface area contributed by atoms with E-state index in [0.717, 1.165) is 27.5 Å². The smallest absolute Gasteiger partial charge is 0.321 e. The van der Waals surface area contributed by atoms with Crippen LogP contribution in [0.1, 0.15) is 16.5 Å². The number of hydrogen-bond acceptors (Lipinski definition) is 4. The lowest BCUT2D eigenvalue weighted by Crippen LogP contribution is -2.37. The molecule has 0 bridgehead atoms. The van der Waals surface area contributed by atoms with E-state index in [9.17, 15) is 9.59 Å². The summed E-state index contributed by atoms with van der Waals surface area (Å²) < 4.78 is 5.10. The highest BCUT2D eigenvalue weighted by Gasteiger charge is 2.28. The van der Waals surface area contributed by atoms with Gasteiger partial charge in [-0.1, -0.05) is 23.5 Å². The Balaban J connectivity index is 2.04. The first-order valence-electron chi connectivity index (χ1n) is 5.62. The van der Waals surface area contributed by atoms with Gasteiger partial charge in [0.05, 0.1) is 18.0 Å². The largest absolute Gasteiger partial charge is 0.497 e. The fourth-order valence-corrected chi connectivity index (χ4v) is 2.88. The van der Waals surface area contributed by atoms with E-state index in [0.29, 0.717) is 5.82 Å². The Bertz CT molecular complexity index is 674.